The highest BCUT2D eigenvalue weighted by Crippen LogP contribution is 2.18. The Hall–Kier alpha value is -1.94. The van der Waals surface area contributed by atoms with Gasteiger partial charge in [-0.25, -0.2) is 0 Å². The molecular formula is C16H19N3S. The van der Waals surface area contributed by atoms with Gasteiger partial charge in [0.2, 0.25) is 0 Å². The first-order chi connectivity index (χ1) is 9.56. The van der Waals surface area contributed by atoms with Crippen LogP contribution in [-0.4, -0.2) is 10.1 Å². The molecule has 0 spiro atoms. The fraction of sp³-hybridized carbons (Fsp3) is 0.250. The van der Waals surface area contributed by atoms with Crippen molar-refractivity contribution in [3.05, 3.63) is 59.4 Å². The predicted molar refractivity (Wildman–Crippen MR) is 87.9 cm³/mol. The van der Waals surface area contributed by atoms with Crippen LogP contribution in [0.2, 0.25) is 0 Å². The lowest BCUT2D eigenvalue weighted by Crippen LogP contribution is -2.31. The van der Waals surface area contributed by atoms with E-state index in [-0.39, 0.29) is 6.04 Å². The highest BCUT2D eigenvalue weighted by atomic mass is 32.1. The molecule has 104 valence electrons. The molecule has 1 atom stereocenters. The molecule has 0 aliphatic heterocycles. The fourth-order valence-corrected chi connectivity index (χ4v) is 2.48. The number of rotatable bonds is 3. The molecule has 0 bridgehead atoms. The number of nitrogens with one attached hydrogen (secondary N) is 2. The molecule has 1 aromatic heterocycles. The number of pyridine rings is 1. The van der Waals surface area contributed by atoms with Gasteiger partial charge in [0, 0.05) is 18.1 Å². The van der Waals surface area contributed by atoms with Crippen LogP contribution in [0.3, 0.4) is 0 Å². The largest absolute Gasteiger partial charge is 0.356 e. The summed E-state index contributed by atoms with van der Waals surface area (Å²) in [6.07, 6.45) is 3.47. The number of hydrogen-bond donors (Lipinski definition) is 2. The van der Waals surface area contributed by atoms with Crippen molar-refractivity contribution in [1.29, 1.82) is 0 Å². The van der Waals surface area contributed by atoms with E-state index in [1.54, 1.807) is 12.4 Å². The summed E-state index contributed by atoms with van der Waals surface area (Å²) in [5, 5.41) is 7.07. The van der Waals surface area contributed by atoms with Crippen LogP contribution in [0.4, 0.5) is 5.69 Å². The van der Waals surface area contributed by atoms with E-state index in [2.05, 4.69) is 54.6 Å². The SMILES string of the molecule is Cc1ccc(C(C)NC(=S)Nc2ccncc2)c(C)c1. The van der Waals surface area contributed by atoms with Crippen LogP contribution in [0.15, 0.2) is 42.7 Å². The second-order valence-electron chi connectivity index (χ2n) is 4.92. The Kier molecular flexibility index (Phi) is 4.69. The van der Waals surface area contributed by atoms with Crippen LogP contribution in [0, 0.1) is 13.8 Å². The van der Waals surface area contributed by atoms with Crippen molar-refractivity contribution in [3.8, 4) is 0 Å². The molecule has 1 unspecified atom stereocenters. The topological polar surface area (TPSA) is 37.0 Å². The Morgan fingerprint density at radius 1 is 1.15 bits per heavy atom. The van der Waals surface area contributed by atoms with Crippen LogP contribution in [0.1, 0.15) is 29.7 Å². The average molecular weight is 285 g/mol. The predicted octanol–water partition coefficient (Wildman–Crippen LogP) is 3.75. The average Bonchev–Trinajstić information content (AvgIpc) is 2.39. The minimum atomic E-state index is 0.164. The van der Waals surface area contributed by atoms with Crippen LogP contribution in [-0.2, 0) is 0 Å². The van der Waals surface area contributed by atoms with E-state index in [1.807, 2.05) is 12.1 Å². The number of thiocarbonyl (C=S) groups is 1. The first kappa shape index (κ1) is 14.5. The van der Waals surface area contributed by atoms with Gasteiger partial charge in [0.05, 0.1) is 6.04 Å². The van der Waals surface area contributed by atoms with E-state index in [4.69, 9.17) is 12.2 Å². The number of benzene rings is 1. The van der Waals surface area contributed by atoms with Crippen molar-refractivity contribution in [2.45, 2.75) is 26.8 Å². The fourth-order valence-electron chi connectivity index (χ4n) is 2.19. The summed E-state index contributed by atoms with van der Waals surface area (Å²) < 4.78 is 0. The maximum Gasteiger partial charge on any atom is 0.171 e. The zero-order chi connectivity index (χ0) is 14.5. The Labute approximate surface area is 125 Å². The van der Waals surface area contributed by atoms with Gasteiger partial charge >= 0.3 is 0 Å². The van der Waals surface area contributed by atoms with Crippen molar-refractivity contribution in [2.75, 3.05) is 5.32 Å². The summed E-state index contributed by atoms with van der Waals surface area (Å²) in [6, 6.07) is 10.4. The summed E-state index contributed by atoms with van der Waals surface area (Å²) in [5.41, 5.74) is 4.74. The summed E-state index contributed by atoms with van der Waals surface area (Å²) in [4.78, 5) is 3.98. The Morgan fingerprint density at radius 3 is 2.50 bits per heavy atom. The second kappa shape index (κ2) is 6.48. The Bertz CT molecular complexity index is 596. The molecule has 0 saturated heterocycles. The van der Waals surface area contributed by atoms with Crippen LogP contribution in [0.5, 0.6) is 0 Å². The lowest BCUT2D eigenvalue weighted by atomic mass is 10.0. The maximum absolute atomic E-state index is 5.34. The second-order valence-corrected chi connectivity index (χ2v) is 5.32. The monoisotopic (exact) mass is 285 g/mol. The molecule has 0 saturated carbocycles. The van der Waals surface area contributed by atoms with Gasteiger partial charge in [-0.05, 0) is 56.2 Å². The van der Waals surface area contributed by atoms with Crippen molar-refractivity contribution in [3.63, 3.8) is 0 Å². The molecule has 0 amide bonds. The Morgan fingerprint density at radius 2 is 1.85 bits per heavy atom. The van der Waals surface area contributed by atoms with Crippen molar-refractivity contribution in [2.24, 2.45) is 0 Å². The van der Waals surface area contributed by atoms with Gasteiger partial charge in [0.25, 0.3) is 0 Å². The molecule has 2 rings (SSSR count). The molecule has 3 nitrogen and oxygen atoms in total. The highest BCUT2D eigenvalue weighted by molar-refractivity contribution is 7.80. The van der Waals surface area contributed by atoms with E-state index in [0.29, 0.717) is 5.11 Å². The lowest BCUT2D eigenvalue weighted by molar-refractivity contribution is 0.717. The van der Waals surface area contributed by atoms with Gasteiger partial charge in [0.1, 0.15) is 0 Å². The van der Waals surface area contributed by atoms with Crippen LogP contribution < -0.4 is 10.6 Å². The molecule has 20 heavy (non-hydrogen) atoms. The van der Waals surface area contributed by atoms with Crippen molar-refractivity contribution in [1.82, 2.24) is 10.3 Å². The third-order valence-corrected chi connectivity index (χ3v) is 3.40. The number of aromatic nitrogens is 1. The number of aryl methyl sites for hydroxylation is 2. The smallest absolute Gasteiger partial charge is 0.171 e. The number of hydrogen-bond acceptors (Lipinski definition) is 2. The first-order valence-corrected chi connectivity index (χ1v) is 7.02. The molecule has 2 N–H and O–H groups in total. The van der Waals surface area contributed by atoms with Gasteiger partial charge in [-0.3, -0.25) is 4.98 Å². The molecular weight excluding hydrogens is 266 g/mol. The van der Waals surface area contributed by atoms with Gasteiger partial charge in [0.15, 0.2) is 5.11 Å². The summed E-state index contributed by atoms with van der Waals surface area (Å²) in [5.74, 6) is 0. The molecule has 0 aliphatic carbocycles. The van der Waals surface area contributed by atoms with Gasteiger partial charge in [-0.15, -0.1) is 0 Å². The van der Waals surface area contributed by atoms with E-state index >= 15 is 0 Å². The van der Waals surface area contributed by atoms with Gasteiger partial charge in [-0.1, -0.05) is 23.8 Å². The third kappa shape index (κ3) is 3.78. The minimum Gasteiger partial charge on any atom is -0.356 e. The molecule has 0 aliphatic rings. The molecule has 1 aromatic carbocycles. The quantitative estimate of drug-likeness (QED) is 0.842. The van der Waals surface area contributed by atoms with E-state index in [1.165, 1.54) is 16.7 Å². The standard InChI is InChI=1S/C16H19N3S/c1-11-4-5-15(12(2)10-11)13(3)18-16(20)19-14-6-8-17-9-7-14/h4-10,13H,1-3H3,(H2,17,18,19,20). The zero-order valence-corrected chi connectivity index (χ0v) is 12.8. The highest BCUT2D eigenvalue weighted by Gasteiger charge is 2.09. The molecule has 2 aromatic rings. The first-order valence-electron chi connectivity index (χ1n) is 6.61. The van der Waals surface area contributed by atoms with E-state index in [9.17, 15) is 0 Å². The number of anilines is 1. The van der Waals surface area contributed by atoms with Crippen molar-refractivity contribution < 1.29 is 0 Å². The number of nitrogens with zero attached hydrogens (tertiary/aromatic N) is 1. The minimum absolute atomic E-state index is 0.164. The molecule has 4 heteroatoms. The zero-order valence-electron chi connectivity index (χ0n) is 12.0. The molecule has 0 radical (unpaired) electrons. The van der Waals surface area contributed by atoms with Crippen molar-refractivity contribution >= 4 is 23.0 Å². The summed E-state index contributed by atoms with van der Waals surface area (Å²) in [6.45, 7) is 6.34. The summed E-state index contributed by atoms with van der Waals surface area (Å²) >= 11 is 5.34. The van der Waals surface area contributed by atoms with Crippen LogP contribution >= 0.6 is 12.2 Å². The molecule has 0 fully saturated rings. The molecule has 1 heterocycles. The Balaban J connectivity index is 2.00. The van der Waals surface area contributed by atoms with E-state index < -0.39 is 0 Å². The lowest BCUT2D eigenvalue weighted by Gasteiger charge is -2.19. The van der Waals surface area contributed by atoms with Crippen LogP contribution in [0.25, 0.3) is 0 Å². The summed E-state index contributed by atoms with van der Waals surface area (Å²) in [7, 11) is 0. The third-order valence-electron chi connectivity index (χ3n) is 3.18. The normalized spacial score (nSPS) is 11.8. The van der Waals surface area contributed by atoms with Gasteiger partial charge < -0.3 is 10.6 Å². The van der Waals surface area contributed by atoms with E-state index in [0.717, 1.165) is 5.69 Å². The van der Waals surface area contributed by atoms with Gasteiger partial charge in [-0.2, -0.15) is 0 Å². The maximum atomic E-state index is 5.34.